The molecule has 0 saturated heterocycles. The number of fused-ring (bicyclic) bond motifs is 1. The number of para-hydroxylation sites is 1. The van der Waals surface area contributed by atoms with Crippen LogP contribution < -0.4 is 10.6 Å². The van der Waals surface area contributed by atoms with E-state index in [1.165, 1.54) is 0 Å². The zero-order valence-corrected chi connectivity index (χ0v) is 16.4. The van der Waals surface area contributed by atoms with Crippen LogP contribution in [0, 0.1) is 5.92 Å². The van der Waals surface area contributed by atoms with Crippen LogP contribution in [0.3, 0.4) is 0 Å². The summed E-state index contributed by atoms with van der Waals surface area (Å²) in [5, 5.41) is 11.8. The van der Waals surface area contributed by atoms with Gasteiger partial charge in [-0.1, -0.05) is 32.0 Å². The first-order valence-electron chi connectivity index (χ1n) is 10.00. The van der Waals surface area contributed by atoms with Crippen molar-refractivity contribution in [1.82, 2.24) is 25.1 Å². The maximum atomic E-state index is 11.8. The van der Waals surface area contributed by atoms with E-state index in [0.29, 0.717) is 13.1 Å². The van der Waals surface area contributed by atoms with Gasteiger partial charge in [-0.05, 0) is 31.4 Å². The lowest BCUT2D eigenvalue weighted by Gasteiger charge is -2.13. The van der Waals surface area contributed by atoms with Crippen molar-refractivity contribution in [3.63, 3.8) is 0 Å². The van der Waals surface area contributed by atoms with E-state index < -0.39 is 0 Å². The van der Waals surface area contributed by atoms with Crippen LogP contribution in [0.2, 0.25) is 0 Å². The quantitative estimate of drug-likeness (QED) is 0.588. The molecule has 2 N–H and O–H groups in total. The Balaban J connectivity index is 1.60. The molecule has 146 valence electrons. The third-order valence-corrected chi connectivity index (χ3v) is 5.16. The van der Waals surface area contributed by atoms with E-state index >= 15 is 0 Å². The standard InChI is InChI=1S/C21H26N6O/c1-3-14(2)18-25-19(22-11-12-23-21(28)15-9-10-15)17-13-24-27(20(17)26-18)16-7-5-4-6-8-16/h4-8,13-15H,3,9-12H2,1-2H3,(H,23,28)(H,22,25,26). The number of benzene rings is 1. The van der Waals surface area contributed by atoms with Crippen LogP contribution in [0.15, 0.2) is 36.5 Å². The lowest BCUT2D eigenvalue weighted by molar-refractivity contribution is -0.122. The number of aromatic nitrogens is 4. The molecular weight excluding hydrogens is 352 g/mol. The molecule has 0 radical (unpaired) electrons. The van der Waals surface area contributed by atoms with E-state index in [9.17, 15) is 4.79 Å². The normalized spacial score (nSPS) is 14.8. The molecule has 1 atom stereocenters. The lowest BCUT2D eigenvalue weighted by Crippen LogP contribution is -2.30. The van der Waals surface area contributed by atoms with E-state index in [1.54, 1.807) is 6.20 Å². The fraction of sp³-hybridized carbons (Fsp3) is 0.429. The Labute approximate surface area is 164 Å². The summed E-state index contributed by atoms with van der Waals surface area (Å²) in [6.45, 7) is 5.45. The summed E-state index contributed by atoms with van der Waals surface area (Å²) in [6, 6.07) is 9.98. The molecule has 7 nitrogen and oxygen atoms in total. The van der Waals surface area contributed by atoms with Crippen molar-refractivity contribution >= 4 is 22.8 Å². The SMILES string of the molecule is CCC(C)c1nc(NCCNC(=O)C2CC2)c2cnn(-c3ccccc3)c2n1. The molecule has 4 rings (SSSR count). The summed E-state index contributed by atoms with van der Waals surface area (Å²) in [6.07, 6.45) is 4.79. The van der Waals surface area contributed by atoms with E-state index in [2.05, 4.69) is 29.6 Å². The van der Waals surface area contributed by atoms with Crippen LogP contribution in [0.4, 0.5) is 5.82 Å². The van der Waals surface area contributed by atoms with Gasteiger partial charge in [-0.2, -0.15) is 5.10 Å². The third-order valence-electron chi connectivity index (χ3n) is 5.16. The predicted molar refractivity (Wildman–Crippen MR) is 110 cm³/mol. The summed E-state index contributed by atoms with van der Waals surface area (Å²) >= 11 is 0. The monoisotopic (exact) mass is 378 g/mol. The van der Waals surface area contributed by atoms with Crippen LogP contribution in [-0.2, 0) is 4.79 Å². The second-order valence-electron chi connectivity index (χ2n) is 7.36. The van der Waals surface area contributed by atoms with Gasteiger partial charge < -0.3 is 10.6 Å². The molecule has 28 heavy (non-hydrogen) atoms. The first-order chi connectivity index (χ1) is 13.7. The molecule has 1 aromatic carbocycles. The number of nitrogens with one attached hydrogen (secondary N) is 2. The second kappa shape index (κ2) is 7.96. The smallest absolute Gasteiger partial charge is 0.223 e. The van der Waals surface area contributed by atoms with Gasteiger partial charge in [0.05, 0.1) is 17.3 Å². The molecule has 2 aromatic heterocycles. The number of anilines is 1. The maximum absolute atomic E-state index is 11.8. The van der Waals surface area contributed by atoms with Crippen molar-refractivity contribution in [3.05, 3.63) is 42.4 Å². The van der Waals surface area contributed by atoms with Crippen LogP contribution in [0.25, 0.3) is 16.7 Å². The maximum Gasteiger partial charge on any atom is 0.223 e. The Morgan fingerprint density at radius 2 is 2.00 bits per heavy atom. The van der Waals surface area contributed by atoms with Crippen molar-refractivity contribution in [1.29, 1.82) is 0 Å². The van der Waals surface area contributed by atoms with Gasteiger partial charge in [-0.25, -0.2) is 14.6 Å². The third kappa shape index (κ3) is 3.83. The molecule has 1 amide bonds. The van der Waals surface area contributed by atoms with Crippen LogP contribution in [-0.4, -0.2) is 38.7 Å². The molecule has 0 spiro atoms. The topological polar surface area (TPSA) is 84.7 Å². The van der Waals surface area contributed by atoms with Gasteiger partial charge in [0.25, 0.3) is 0 Å². The van der Waals surface area contributed by atoms with Gasteiger partial charge in [-0.3, -0.25) is 4.79 Å². The van der Waals surface area contributed by atoms with Gasteiger partial charge in [0, 0.05) is 24.9 Å². The highest BCUT2D eigenvalue weighted by atomic mass is 16.2. The minimum atomic E-state index is 0.159. The number of hydrogen-bond acceptors (Lipinski definition) is 5. The molecule has 1 aliphatic rings. The average molecular weight is 378 g/mol. The summed E-state index contributed by atoms with van der Waals surface area (Å²) in [7, 11) is 0. The Hall–Kier alpha value is -2.96. The Bertz CT molecular complexity index is 964. The molecule has 7 heteroatoms. The van der Waals surface area contributed by atoms with Crippen LogP contribution in [0.1, 0.15) is 44.9 Å². The lowest BCUT2D eigenvalue weighted by atomic mass is 10.1. The molecule has 1 fully saturated rings. The van der Waals surface area contributed by atoms with Crippen molar-refractivity contribution < 1.29 is 4.79 Å². The highest BCUT2D eigenvalue weighted by Crippen LogP contribution is 2.28. The van der Waals surface area contributed by atoms with Gasteiger partial charge in [0.15, 0.2) is 5.65 Å². The fourth-order valence-electron chi connectivity index (χ4n) is 3.08. The summed E-state index contributed by atoms with van der Waals surface area (Å²) < 4.78 is 1.85. The molecule has 1 unspecified atom stereocenters. The number of nitrogens with zero attached hydrogens (tertiary/aromatic N) is 4. The largest absolute Gasteiger partial charge is 0.368 e. The van der Waals surface area contributed by atoms with Crippen molar-refractivity contribution in [2.24, 2.45) is 5.92 Å². The molecule has 1 aliphatic carbocycles. The Morgan fingerprint density at radius 1 is 1.21 bits per heavy atom. The Morgan fingerprint density at radius 3 is 2.71 bits per heavy atom. The van der Waals surface area contributed by atoms with Crippen molar-refractivity contribution in [2.45, 2.75) is 39.0 Å². The first kappa shape index (κ1) is 18.4. The highest BCUT2D eigenvalue weighted by molar-refractivity contribution is 5.87. The molecule has 2 heterocycles. The Kier molecular flexibility index (Phi) is 5.23. The molecule has 3 aromatic rings. The number of amides is 1. The fourth-order valence-corrected chi connectivity index (χ4v) is 3.08. The number of hydrogen-bond donors (Lipinski definition) is 2. The molecule has 0 bridgehead atoms. The number of rotatable bonds is 8. The van der Waals surface area contributed by atoms with Gasteiger partial charge in [0.1, 0.15) is 11.6 Å². The van der Waals surface area contributed by atoms with E-state index in [0.717, 1.165) is 47.6 Å². The average Bonchev–Trinajstić information content (AvgIpc) is 3.50. The summed E-state index contributed by atoms with van der Waals surface area (Å²) in [5.41, 5.74) is 1.76. The van der Waals surface area contributed by atoms with Crippen molar-refractivity contribution in [3.8, 4) is 5.69 Å². The number of carbonyl (C=O) groups excluding carboxylic acids is 1. The minimum Gasteiger partial charge on any atom is -0.368 e. The molecular formula is C21H26N6O. The molecule has 1 saturated carbocycles. The van der Waals surface area contributed by atoms with Gasteiger partial charge in [-0.15, -0.1) is 0 Å². The van der Waals surface area contributed by atoms with E-state index in [-0.39, 0.29) is 17.7 Å². The zero-order chi connectivity index (χ0) is 19.5. The first-order valence-corrected chi connectivity index (χ1v) is 10.00. The number of carbonyl (C=O) groups is 1. The van der Waals surface area contributed by atoms with E-state index in [1.807, 2.05) is 35.0 Å². The summed E-state index contributed by atoms with van der Waals surface area (Å²) in [5.74, 6) is 2.21. The zero-order valence-electron chi connectivity index (χ0n) is 16.4. The predicted octanol–water partition coefficient (Wildman–Crippen LogP) is 3.27. The van der Waals surface area contributed by atoms with Gasteiger partial charge in [0.2, 0.25) is 5.91 Å². The summed E-state index contributed by atoms with van der Waals surface area (Å²) in [4.78, 5) is 21.4. The van der Waals surface area contributed by atoms with Gasteiger partial charge >= 0.3 is 0 Å². The second-order valence-corrected chi connectivity index (χ2v) is 7.36. The van der Waals surface area contributed by atoms with Crippen molar-refractivity contribution in [2.75, 3.05) is 18.4 Å². The molecule has 0 aliphatic heterocycles. The minimum absolute atomic E-state index is 0.159. The van der Waals surface area contributed by atoms with Crippen LogP contribution >= 0.6 is 0 Å². The van der Waals surface area contributed by atoms with E-state index in [4.69, 9.17) is 9.97 Å². The highest BCUT2D eigenvalue weighted by Gasteiger charge is 2.29. The van der Waals surface area contributed by atoms with Crippen LogP contribution in [0.5, 0.6) is 0 Å².